The molecular weight excluding hydrogens is 462 g/mol. The van der Waals surface area contributed by atoms with Gasteiger partial charge in [0.25, 0.3) is 0 Å². The van der Waals surface area contributed by atoms with Crippen LogP contribution in [0.1, 0.15) is 25.7 Å². The normalized spacial score (nSPS) is 19.4. The SMILES string of the molecule is C#CC(=O)N(c1cccc(Cl)c1)C1(C(=O)NCC(=O)N2CCCC(C(=O)OC)C2)CCOCC1. The topological polar surface area (TPSA) is 105 Å². The monoisotopic (exact) mass is 489 g/mol. The maximum Gasteiger partial charge on any atom is 0.310 e. The summed E-state index contributed by atoms with van der Waals surface area (Å²) in [4.78, 5) is 53.9. The third-order valence-electron chi connectivity index (χ3n) is 6.27. The van der Waals surface area contributed by atoms with Crippen LogP contribution >= 0.6 is 11.6 Å². The van der Waals surface area contributed by atoms with E-state index >= 15 is 0 Å². The van der Waals surface area contributed by atoms with Crippen molar-refractivity contribution in [3.05, 3.63) is 29.3 Å². The Hall–Kier alpha value is -3.09. The maximum absolute atomic E-state index is 13.5. The molecule has 0 aliphatic carbocycles. The zero-order valence-corrected chi connectivity index (χ0v) is 19.8. The van der Waals surface area contributed by atoms with E-state index in [9.17, 15) is 19.2 Å². The van der Waals surface area contributed by atoms with Crippen molar-refractivity contribution in [1.29, 1.82) is 0 Å². The Balaban J connectivity index is 1.79. The van der Waals surface area contributed by atoms with E-state index in [2.05, 4.69) is 11.2 Å². The van der Waals surface area contributed by atoms with E-state index in [4.69, 9.17) is 27.5 Å². The molecule has 1 aromatic carbocycles. The number of esters is 1. The number of amides is 3. The number of ether oxygens (including phenoxy) is 2. The Morgan fingerprint density at radius 1 is 1.32 bits per heavy atom. The van der Waals surface area contributed by atoms with E-state index in [0.29, 0.717) is 30.1 Å². The van der Waals surface area contributed by atoms with Gasteiger partial charge in [-0.3, -0.25) is 24.1 Å². The number of halogens is 1. The minimum absolute atomic E-state index is 0.196. The van der Waals surface area contributed by atoms with Crippen LogP contribution in [-0.2, 0) is 28.7 Å². The number of nitrogens with zero attached hydrogens (tertiary/aromatic N) is 2. The second-order valence-electron chi connectivity index (χ2n) is 8.29. The standard InChI is InChI=1S/C24H28ClN3O6/c1-3-20(29)28(19-8-4-7-18(25)14-19)24(9-12-34-13-10-24)23(32)26-15-21(30)27-11-5-6-17(16-27)22(31)33-2/h1,4,7-8,14,17H,5-6,9-13,15-16H2,2H3,(H,26,32). The lowest BCUT2D eigenvalue weighted by Gasteiger charge is -2.44. The molecule has 2 saturated heterocycles. The van der Waals surface area contributed by atoms with Crippen LogP contribution in [0.3, 0.4) is 0 Å². The third-order valence-corrected chi connectivity index (χ3v) is 6.51. The molecule has 3 amide bonds. The molecule has 2 heterocycles. The van der Waals surface area contributed by atoms with Gasteiger partial charge in [-0.05, 0) is 37.0 Å². The van der Waals surface area contributed by atoms with Crippen molar-refractivity contribution in [3.63, 3.8) is 0 Å². The van der Waals surface area contributed by atoms with Gasteiger partial charge in [-0.1, -0.05) is 17.7 Å². The number of carbonyl (C=O) groups is 4. The molecule has 0 radical (unpaired) electrons. The lowest BCUT2D eigenvalue weighted by atomic mass is 9.86. The molecule has 2 aliphatic rings. The number of benzene rings is 1. The Kier molecular flexibility index (Phi) is 8.53. The maximum atomic E-state index is 13.5. The van der Waals surface area contributed by atoms with Crippen molar-refractivity contribution in [3.8, 4) is 12.3 Å². The highest BCUT2D eigenvalue weighted by Crippen LogP contribution is 2.34. The minimum Gasteiger partial charge on any atom is -0.469 e. The predicted octanol–water partition coefficient (Wildman–Crippen LogP) is 1.38. The lowest BCUT2D eigenvalue weighted by Crippen LogP contribution is -2.64. The summed E-state index contributed by atoms with van der Waals surface area (Å²) >= 11 is 6.14. The number of likely N-dealkylation sites (tertiary alicyclic amines) is 1. The number of hydrogen-bond acceptors (Lipinski definition) is 6. The quantitative estimate of drug-likeness (QED) is 0.478. The average Bonchev–Trinajstić information content (AvgIpc) is 2.87. The van der Waals surface area contributed by atoms with Gasteiger partial charge >= 0.3 is 11.9 Å². The van der Waals surface area contributed by atoms with Gasteiger partial charge < -0.3 is 19.7 Å². The van der Waals surface area contributed by atoms with Gasteiger partial charge in [-0.25, -0.2) is 0 Å². The highest BCUT2D eigenvalue weighted by Gasteiger charge is 2.48. The van der Waals surface area contributed by atoms with Gasteiger partial charge in [-0.15, -0.1) is 6.42 Å². The van der Waals surface area contributed by atoms with Crippen LogP contribution in [0.15, 0.2) is 24.3 Å². The van der Waals surface area contributed by atoms with Crippen LogP contribution in [-0.4, -0.2) is 74.1 Å². The summed E-state index contributed by atoms with van der Waals surface area (Å²) in [5.74, 6) is -0.150. The molecule has 10 heteroatoms. The lowest BCUT2D eigenvalue weighted by molar-refractivity contribution is -0.149. The first-order chi connectivity index (χ1) is 16.3. The molecule has 2 aliphatic heterocycles. The summed E-state index contributed by atoms with van der Waals surface area (Å²) in [5.41, 5.74) is -0.959. The van der Waals surface area contributed by atoms with E-state index in [0.717, 1.165) is 0 Å². The molecule has 1 aromatic rings. The number of terminal acetylenes is 1. The molecular formula is C24H28ClN3O6. The Bertz CT molecular complexity index is 985. The van der Waals surface area contributed by atoms with Crippen molar-refractivity contribution in [1.82, 2.24) is 10.2 Å². The second-order valence-corrected chi connectivity index (χ2v) is 8.73. The highest BCUT2D eigenvalue weighted by molar-refractivity contribution is 6.31. The predicted molar refractivity (Wildman–Crippen MR) is 125 cm³/mol. The molecule has 2 fully saturated rings. The fraction of sp³-hybridized carbons (Fsp3) is 0.500. The number of piperidine rings is 1. The van der Waals surface area contributed by atoms with Crippen LogP contribution in [0.25, 0.3) is 0 Å². The summed E-state index contributed by atoms with van der Waals surface area (Å²) in [6.07, 6.45) is 7.15. The largest absolute Gasteiger partial charge is 0.469 e. The van der Waals surface area contributed by atoms with Crippen LogP contribution in [0.5, 0.6) is 0 Å². The smallest absolute Gasteiger partial charge is 0.310 e. The number of hydrogen-bond donors (Lipinski definition) is 1. The first-order valence-electron chi connectivity index (χ1n) is 11.1. The molecule has 0 aromatic heterocycles. The molecule has 1 atom stereocenters. The zero-order valence-electron chi connectivity index (χ0n) is 19.0. The Morgan fingerprint density at radius 3 is 2.71 bits per heavy atom. The number of carbonyl (C=O) groups excluding carboxylic acids is 4. The summed E-state index contributed by atoms with van der Waals surface area (Å²) in [5, 5.41) is 3.08. The molecule has 1 unspecified atom stereocenters. The second kappa shape index (κ2) is 11.4. The van der Waals surface area contributed by atoms with E-state index in [-0.39, 0.29) is 56.9 Å². The van der Waals surface area contributed by atoms with Crippen molar-refractivity contribution >= 4 is 41.0 Å². The first kappa shape index (κ1) is 25.5. The van der Waals surface area contributed by atoms with Gasteiger partial charge in [0, 0.05) is 49.9 Å². The average molecular weight is 490 g/mol. The molecule has 34 heavy (non-hydrogen) atoms. The van der Waals surface area contributed by atoms with E-state index < -0.39 is 17.4 Å². The molecule has 0 spiro atoms. The van der Waals surface area contributed by atoms with Crippen LogP contribution in [0.4, 0.5) is 5.69 Å². The van der Waals surface area contributed by atoms with Crippen LogP contribution in [0.2, 0.25) is 5.02 Å². The Morgan fingerprint density at radius 2 is 2.06 bits per heavy atom. The molecule has 0 bridgehead atoms. The van der Waals surface area contributed by atoms with E-state index in [1.807, 2.05) is 0 Å². The number of rotatable bonds is 6. The first-order valence-corrected chi connectivity index (χ1v) is 11.5. The number of nitrogens with one attached hydrogen (secondary N) is 1. The van der Waals surface area contributed by atoms with Gasteiger partial charge in [0.05, 0.1) is 19.6 Å². The van der Waals surface area contributed by atoms with Crippen LogP contribution < -0.4 is 10.2 Å². The summed E-state index contributed by atoms with van der Waals surface area (Å²) in [6.45, 7) is 0.936. The van der Waals surface area contributed by atoms with Crippen molar-refractivity contribution < 1.29 is 28.7 Å². The fourth-order valence-electron chi connectivity index (χ4n) is 4.49. The molecule has 0 saturated carbocycles. The third kappa shape index (κ3) is 5.51. The highest BCUT2D eigenvalue weighted by atomic mass is 35.5. The van der Waals surface area contributed by atoms with Crippen molar-refractivity contribution in [2.45, 2.75) is 31.2 Å². The van der Waals surface area contributed by atoms with E-state index in [1.165, 1.54) is 12.0 Å². The molecule has 1 N–H and O–H groups in total. The Labute approximate surface area is 203 Å². The summed E-state index contributed by atoms with van der Waals surface area (Å²) in [7, 11) is 1.32. The zero-order chi connectivity index (χ0) is 24.7. The van der Waals surface area contributed by atoms with Gasteiger partial charge in [0.15, 0.2) is 0 Å². The number of anilines is 1. The van der Waals surface area contributed by atoms with Crippen LogP contribution in [0, 0.1) is 18.3 Å². The van der Waals surface area contributed by atoms with Crippen molar-refractivity contribution in [2.24, 2.45) is 5.92 Å². The van der Waals surface area contributed by atoms with Gasteiger partial charge in [0.1, 0.15) is 5.54 Å². The van der Waals surface area contributed by atoms with Gasteiger partial charge in [-0.2, -0.15) is 0 Å². The molecule has 9 nitrogen and oxygen atoms in total. The minimum atomic E-state index is -1.34. The van der Waals surface area contributed by atoms with E-state index in [1.54, 1.807) is 29.2 Å². The van der Waals surface area contributed by atoms with Gasteiger partial charge in [0.2, 0.25) is 11.8 Å². The van der Waals surface area contributed by atoms with Crippen molar-refractivity contribution in [2.75, 3.05) is 44.9 Å². The number of methoxy groups -OCH3 is 1. The fourth-order valence-corrected chi connectivity index (χ4v) is 4.68. The summed E-state index contributed by atoms with van der Waals surface area (Å²) < 4.78 is 10.2. The summed E-state index contributed by atoms with van der Waals surface area (Å²) in [6, 6.07) is 6.53. The molecule has 3 rings (SSSR count). The molecule has 182 valence electrons.